The molecular weight excluding hydrogens is 256 g/mol. The Labute approximate surface area is 119 Å². The number of rotatable bonds is 5. The molecule has 0 unspecified atom stereocenters. The SMILES string of the molecule is CCCOc1ccc(CN2CCN(C(=O)O)CC2)cc1. The lowest BCUT2D eigenvalue weighted by Gasteiger charge is -2.33. The van der Waals surface area contributed by atoms with Crippen molar-refractivity contribution in [3.8, 4) is 5.75 Å². The highest BCUT2D eigenvalue weighted by Gasteiger charge is 2.20. The molecule has 5 nitrogen and oxygen atoms in total. The number of benzene rings is 1. The molecule has 5 heteroatoms. The number of nitrogens with zero attached hydrogens (tertiary/aromatic N) is 2. The molecular formula is C15H22N2O3. The van der Waals surface area contributed by atoms with E-state index in [2.05, 4.69) is 24.0 Å². The number of piperazine rings is 1. The van der Waals surface area contributed by atoms with Crippen molar-refractivity contribution in [1.82, 2.24) is 9.80 Å². The predicted octanol–water partition coefficient (Wildman–Crippen LogP) is 2.27. The molecule has 0 saturated carbocycles. The van der Waals surface area contributed by atoms with E-state index in [1.54, 1.807) is 0 Å². The fraction of sp³-hybridized carbons (Fsp3) is 0.533. The first-order valence-corrected chi connectivity index (χ1v) is 7.11. The van der Waals surface area contributed by atoms with Crippen LogP contribution in [0.5, 0.6) is 5.75 Å². The molecule has 1 amide bonds. The quantitative estimate of drug-likeness (QED) is 0.897. The Bertz CT molecular complexity index is 425. The summed E-state index contributed by atoms with van der Waals surface area (Å²) in [4.78, 5) is 14.6. The molecule has 0 spiro atoms. The molecule has 0 aromatic heterocycles. The van der Waals surface area contributed by atoms with Crippen molar-refractivity contribution in [1.29, 1.82) is 0 Å². The average molecular weight is 278 g/mol. The predicted molar refractivity (Wildman–Crippen MR) is 77.1 cm³/mol. The van der Waals surface area contributed by atoms with Crippen LogP contribution in [0, 0.1) is 0 Å². The van der Waals surface area contributed by atoms with Crippen molar-refractivity contribution in [3.05, 3.63) is 29.8 Å². The van der Waals surface area contributed by atoms with Gasteiger partial charge in [0.2, 0.25) is 0 Å². The summed E-state index contributed by atoms with van der Waals surface area (Å²) in [5.74, 6) is 0.909. The van der Waals surface area contributed by atoms with Crippen LogP contribution < -0.4 is 4.74 Å². The molecule has 1 saturated heterocycles. The fourth-order valence-corrected chi connectivity index (χ4v) is 2.27. The summed E-state index contributed by atoms with van der Waals surface area (Å²) >= 11 is 0. The van der Waals surface area contributed by atoms with Gasteiger partial charge < -0.3 is 14.7 Å². The first kappa shape index (κ1) is 14.7. The number of carboxylic acid groups (broad SMARTS) is 1. The molecule has 1 N–H and O–H groups in total. The molecule has 1 aromatic rings. The van der Waals surface area contributed by atoms with Crippen LogP contribution in [-0.2, 0) is 6.54 Å². The Morgan fingerprint density at radius 3 is 2.40 bits per heavy atom. The minimum Gasteiger partial charge on any atom is -0.494 e. The van der Waals surface area contributed by atoms with Gasteiger partial charge in [0.1, 0.15) is 5.75 Å². The third-order valence-corrected chi connectivity index (χ3v) is 3.45. The van der Waals surface area contributed by atoms with Gasteiger partial charge in [-0.3, -0.25) is 4.90 Å². The van der Waals surface area contributed by atoms with Crippen LogP contribution in [-0.4, -0.2) is 53.8 Å². The molecule has 1 aliphatic heterocycles. The highest BCUT2D eigenvalue weighted by molar-refractivity contribution is 5.65. The van der Waals surface area contributed by atoms with Gasteiger partial charge in [-0.1, -0.05) is 19.1 Å². The van der Waals surface area contributed by atoms with Gasteiger partial charge in [0.15, 0.2) is 0 Å². The van der Waals surface area contributed by atoms with Gasteiger partial charge in [-0.25, -0.2) is 4.79 Å². The maximum atomic E-state index is 10.8. The van der Waals surface area contributed by atoms with Crippen molar-refractivity contribution >= 4 is 6.09 Å². The molecule has 110 valence electrons. The van der Waals surface area contributed by atoms with Crippen LogP contribution in [0.1, 0.15) is 18.9 Å². The van der Waals surface area contributed by atoms with E-state index in [1.165, 1.54) is 10.5 Å². The summed E-state index contributed by atoms with van der Waals surface area (Å²) in [5.41, 5.74) is 1.23. The number of hydrogen-bond acceptors (Lipinski definition) is 3. The highest BCUT2D eigenvalue weighted by Crippen LogP contribution is 2.15. The molecule has 0 bridgehead atoms. The molecule has 20 heavy (non-hydrogen) atoms. The Morgan fingerprint density at radius 2 is 1.85 bits per heavy atom. The minimum absolute atomic E-state index is 0.590. The maximum Gasteiger partial charge on any atom is 0.407 e. The van der Waals surface area contributed by atoms with E-state index in [4.69, 9.17) is 9.84 Å². The first-order valence-electron chi connectivity index (χ1n) is 7.11. The summed E-state index contributed by atoms with van der Waals surface area (Å²) in [6.07, 6.45) is 0.192. The Hall–Kier alpha value is -1.75. The zero-order valence-electron chi connectivity index (χ0n) is 11.9. The highest BCUT2D eigenvalue weighted by atomic mass is 16.5. The van der Waals surface area contributed by atoms with E-state index >= 15 is 0 Å². The van der Waals surface area contributed by atoms with Gasteiger partial charge in [-0.15, -0.1) is 0 Å². The molecule has 0 aliphatic carbocycles. The van der Waals surface area contributed by atoms with Crippen molar-refractivity contribution in [2.75, 3.05) is 32.8 Å². The second-order valence-corrected chi connectivity index (χ2v) is 5.04. The van der Waals surface area contributed by atoms with Gasteiger partial charge >= 0.3 is 6.09 Å². The molecule has 1 fully saturated rings. The van der Waals surface area contributed by atoms with Gasteiger partial charge in [-0.05, 0) is 24.1 Å². The lowest BCUT2D eigenvalue weighted by Crippen LogP contribution is -2.47. The molecule has 1 aliphatic rings. The van der Waals surface area contributed by atoms with Crippen LogP contribution in [0.25, 0.3) is 0 Å². The van der Waals surface area contributed by atoms with E-state index in [0.717, 1.165) is 38.4 Å². The summed E-state index contributed by atoms with van der Waals surface area (Å²) in [5, 5.41) is 8.91. The minimum atomic E-state index is -0.818. The van der Waals surface area contributed by atoms with Gasteiger partial charge in [0, 0.05) is 32.7 Å². The first-order chi connectivity index (χ1) is 9.69. The topological polar surface area (TPSA) is 53.0 Å². The third kappa shape index (κ3) is 4.13. The van der Waals surface area contributed by atoms with Crippen molar-refractivity contribution in [2.45, 2.75) is 19.9 Å². The van der Waals surface area contributed by atoms with Crippen LogP contribution in [0.2, 0.25) is 0 Å². The molecule has 1 aromatic carbocycles. The van der Waals surface area contributed by atoms with Crippen molar-refractivity contribution in [2.24, 2.45) is 0 Å². The van der Waals surface area contributed by atoms with E-state index in [-0.39, 0.29) is 0 Å². The average Bonchev–Trinajstić information content (AvgIpc) is 2.47. The maximum absolute atomic E-state index is 10.8. The van der Waals surface area contributed by atoms with Gasteiger partial charge in [0.05, 0.1) is 6.61 Å². The smallest absolute Gasteiger partial charge is 0.407 e. The second-order valence-electron chi connectivity index (χ2n) is 5.04. The van der Waals surface area contributed by atoms with Crippen molar-refractivity contribution < 1.29 is 14.6 Å². The van der Waals surface area contributed by atoms with Gasteiger partial charge in [-0.2, -0.15) is 0 Å². The Kier molecular flexibility index (Phi) is 5.24. The molecule has 2 rings (SSSR count). The number of hydrogen-bond donors (Lipinski definition) is 1. The summed E-state index contributed by atoms with van der Waals surface area (Å²) in [6, 6.07) is 8.15. The zero-order chi connectivity index (χ0) is 14.4. The van der Waals surface area contributed by atoms with Crippen LogP contribution in [0.4, 0.5) is 4.79 Å². The lowest BCUT2D eigenvalue weighted by molar-refractivity contribution is 0.103. The third-order valence-electron chi connectivity index (χ3n) is 3.45. The number of ether oxygens (including phenoxy) is 1. The Morgan fingerprint density at radius 1 is 1.20 bits per heavy atom. The van der Waals surface area contributed by atoms with Crippen LogP contribution >= 0.6 is 0 Å². The molecule has 0 atom stereocenters. The van der Waals surface area contributed by atoms with E-state index in [0.29, 0.717) is 13.1 Å². The van der Waals surface area contributed by atoms with Crippen molar-refractivity contribution in [3.63, 3.8) is 0 Å². The Balaban J connectivity index is 1.80. The number of carbonyl (C=O) groups is 1. The lowest BCUT2D eigenvalue weighted by atomic mass is 10.2. The molecule has 0 radical (unpaired) electrons. The summed E-state index contributed by atoms with van der Waals surface area (Å²) in [7, 11) is 0. The second kappa shape index (κ2) is 7.14. The molecule has 1 heterocycles. The van der Waals surface area contributed by atoms with Crippen LogP contribution in [0.3, 0.4) is 0 Å². The largest absolute Gasteiger partial charge is 0.494 e. The normalized spacial score (nSPS) is 16.1. The monoisotopic (exact) mass is 278 g/mol. The van der Waals surface area contributed by atoms with E-state index in [1.807, 2.05) is 12.1 Å². The standard InChI is InChI=1S/C15H22N2O3/c1-2-11-20-14-5-3-13(4-6-14)12-16-7-9-17(10-8-16)15(18)19/h3-6H,2,7-12H2,1H3,(H,18,19). The zero-order valence-corrected chi connectivity index (χ0v) is 11.9. The van der Waals surface area contributed by atoms with E-state index < -0.39 is 6.09 Å². The summed E-state index contributed by atoms with van der Waals surface area (Å²) < 4.78 is 5.56. The van der Waals surface area contributed by atoms with Crippen LogP contribution in [0.15, 0.2) is 24.3 Å². The van der Waals surface area contributed by atoms with E-state index in [9.17, 15) is 4.79 Å². The van der Waals surface area contributed by atoms with Gasteiger partial charge in [0.25, 0.3) is 0 Å². The summed E-state index contributed by atoms with van der Waals surface area (Å²) in [6.45, 7) is 6.46. The fourth-order valence-electron chi connectivity index (χ4n) is 2.27. The number of amides is 1.